The summed E-state index contributed by atoms with van der Waals surface area (Å²) in [5.74, 6) is -3.25. The van der Waals surface area contributed by atoms with E-state index >= 15 is 0 Å². The summed E-state index contributed by atoms with van der Waals surface area (Å²) in [6.45, 7) is -1.88. The standard InChI is InChI=1S/C10H10BrF5N2/c11-6-1-2-8(7(3-6)10(14,15)16)18-5-9(12,13)4-17/h1-3,18H,4-5,17H2. The first-order valence-electron chi connectivity index (χ1n) is 4.84. The molecule has 0 fully saturated rings. The summed E-state index contributed by atoms with van der Waals surface area (Å²) < 4.78 is 63.9. The fraction of sp³-hybridized carbons (Fsp3) is 0.400. The molecular weight excluding hydrogens is 323 g/mol. The Hall–Kier alpha value is -0.890. The first kappa shape index (κ1) is 15.2. The van der Waals surface area contributed by atoms with Crippen molar-refractivity contribution in [3.05, 3.63) is 28.2 Å². The van der Waals surface area contributed by atoms with Gasteiger partial charge in [-0.05, 0) is 18.2 Å². The molecule has 0 atom stereocenters. The molecule has 0 aliphatic rings. The Morgan fingerprint density at radius 2 is 1.78 bits per heavy atom. The van der Waals surface area contributed by atoms with Crippen LogP contribution in [0.4, 0.5) is 27.6 Å². The average Bonchev–Trinajstić information content (AvgIpc) is 2.26. The third-order valence-corrected chi connectivity index (χ3v) is 2.62. The second-order valence-corrected chi connectivity index (χ2v) is 4.52. The highest BCUT2D eigenvalue weighted by Gasteiger charge is 2.35. The first-order chi connectivity index (χ1) is 8.15. The maximum Gasteiger partial charge on any atom is 0.418 e. The number of alkyl halides is 5. The molecule has 0 heterocycles. The number of halogens is 6. The molecule has 0 saturated carbocycles. The van der Waals surface area contributed by atoms with Crippen molar-refractivity contribution in [1.82, 2.24) is 0 Å². The Balaban J connectivity index is 2.96. The minimum Gasteiger partial charge on any atom is -0.378 e. The van der Waals surface area contributed by atoms with Gasteiger partial charge < -0.3 is 11.1 Å². The van der Waals surface area contributed by atoms with Gasteiger partial charge in [0.2, 0.25) is 0 Å². The number of nitrogens with one attached hydrogen (secondary N) is 1. The van der Waals surface area contributed by atoms with Crippen molar-refractivity contribution in [3.8, 4) is 0 Å². The summed E-state index contributed by atoms with van der Waals surface area (Å²) in [6.07, 6.45) is -4.62. The van der Waals surface area contributed by atoms with Crippen LogP contribution in [0.3, 0.4) is 0 Å². The van der Waals surface area contributed by atoms with Crippen molar-refractivity contribution in [2.24, 2.45) is 5.73 Å². The van der Waals surface area contributed by atoms with Gasteiger partial charge in [-0.3, -0.25) is 0 Å². The summed E-state index contributed by atoms with van der Waals surface area (Å²) in [5.41, 5.74) is 3.39. The van der Waals surface area contributed by atoms with Crippen molar-refractivity contribution < 1.29 is 22.0 Å². The summed E-state index contributed by atoms with van der Waals surface area (Å²) in [4.78, 5) is 0. The van der Waals surface area contributed by atoms with Crippen molar-refractivity contribution in [2.45, 2.75) is 12.1 Å². The Kier molecular flexibility index (Phi) is 4.55. The molecule has 1 aromatic rings. The SMILES string of the molecule is NCC(F)(F)CNc1ccc(Br)cc1C(F)(F)F. The second kappa shape index (κ2) is 5.40. The Labute approximate surface area is 108 Å². The predicted molar refractivity (Wildman–Crippen MR) is 61.6 cm³/mol. The van der Waals surface area contributed by atoms with Crippen LogP contribution in [0, 0.1) is 0 Å². The third-order valence-electron chi connectivity index (χ3n) is 2.12. The Bertz CT molecular complexity index is 419. The van der Waals surface area contributed by atoms with E-state index in [-0.39, 0.29) is 4.47 Å². The quantitative estimate of drug-likeness (QED) is 0.828. The number of benzene rings is 1. The van der Waals surface area contributed by atoms with Crippen molar-refractivity contribution >= 4 is 21.6 Å². The maximum absolute atomic E-state index is 12.9. The average molecular weight is 333 g/mol. The molecule has 1 aromatic carbocycles. The lowest BCUT2D eigenvalue weighted by atomic mass is 10.1. The van der Waals surface area contributed by atoms with E-state index in [4.69, 9.17) is 5.73 Å². The van der Waals surface area contributed by atoms with Crippen LogP contribution in [0.2, 0.25) is 0 Å². The lowest BCUT2D eigenvalue weighted by Crippen LogP contribution is -2.35. The summed E-state index contributed by atoms with van der Waals surface area (Å²) in [7, 11) is 0. The van der Waals surface area contributed by atoms with E-state index in [9.17, 15) is 22.0 Å². The Morgan fingerprint density at radius 1 is 1.17 bits per heavy atom. The molecular formula is C10H10BrF5N2. The lowest BCUT2D eigenvalue weighted by molar-refractivity contribution is -0.137. The van der Waals surface area contributed by atoms with Crippen LogP contribution < -0.4 is 11.1 Å². The van der Waals surface area contributed by atoms with E-state index in [0.29, 0.717) is 0 Å². The molecule has 0 aromatic heterocycles. The van der Waals surface area contributed by atoms with Crippen LogP contribution >= 0.6 is 15.9 Å². The van der Waals surface area contributed by atoms with E-state index in [1.54, 1.807) is 0 Å². The van der Waals surface area contributed by atoms with E-state index in [2.05, 4.69) is 21.2 Å². The normalized spacial score (nSPS) is 12.6. The minimum atomic E-state index is -4.62. The summed E-state index contributed by atoms with van der Waals surface area (Å²) in [5, 5.41) is 2.07. The van der Waals surface area contributed by atoms with Crippen LogP contribution in [-0.4, -0.2) is 19.0 Å². The van der Waals surface area contributed by atoms with E-state index < -0.39 is 36.4 Å². The zero-order valence-electron chi connectivity index (χ0n) is 8.99. The van der Waals surface area contributed by atoms with Crippen molar-refractivity contribution in [1.29, 1.82) is 0 Å². The van der Waals surface area contributed by atoms with E-state index in [0.717, 1.165) is 12.1 Å². The van der Waals surface area contributed by atoms with E-state index in [1.165, 1.54) is 6.07 Å². The van der Waals surface area contributed by atoms with Gasteiger partial charge in [-0.1, -0.05) is 15.9 Å². The van der Waals surface area contributed by atoms with Gasteiger partial charge in [0.05, 0.1) is 18.7 Å². The van der Waals surface area contributed by atoms with Gasteiger partial charge >= 0.3 is 6.18 Å². The molecule has 102 valence electrons. The number of hydrogen-bond acceptors (Lipinski definition) is 2. The fourth-order valence-corrected chi connectivity index (χ4v) is 1.56. The van der Waals surface area contributed by atoms with E-state index in [1.807, 2.05) is 0 Å². The number of hydrogen-bond donors (Lipinski definition) is 2. The first-order valence-corrected chi connectivity index (χ1v) is 5.63. The van der Waals surface area contributed by atoms with Crippen LogP contribution in [0.25, 0.3) is 0 Å². The van der Waals surface area contributed by atoms with Gasteiger partial charge in [0.15, 0.2) is 0 Å². The van der Waals surface area contributed by atoms with Gasteiger partial charge in [0.1, 0.15) is 0 Å². The predicted octanol–water partition coefficient (Wildman–Crippen LogP) is 3.47. The molecule has 8 heteroatoms. The molecule has 1 rings (SSSR count). The lowest BCUT2D eigenvalue weighted by Gasteiger charge is -2.19. The topological polar surface area (TPSA) is 38.0 Å². The molecule has 0 amide bonds. The zero-order chi connectivity index (χ0) is 14.0. The molecule has 0 aliphatic carbocycles. The smallest absolute Gasteiger partial charge is 0.378 e. The number of rotatable bonds is 4. The highest BCUT2D eigenvalue weighted by molar-refractivity contribution is 9.10. The molecule has 0 spiro atoms. The monoisotopic (exact) mass is 332 g/mol. The second-order valence-electron chi connectivity index (χ2n) is 3.60. The molecule has 2 nitrogen and oxygen atoms in total. The third kappa shape index (κ3) is 4.09. The van der Waals surface area contributed by atoms with Crippen molar-refractivity contribution in [2.75, 3.05) is 18.4 Å². The highest BCUT2D eigenvalue weighted by Crippen LogP contribution is 2.36. The zero-order valence-corrected chi connectivity index (χ0v) is 10.6. The van der Waals surface area contributed by atoms with Gasteiger partial charge in [-0.2, -0.15) is 13.2 Å². The molecule has 3 N–H and O–H groups in total. The van der Waals surface area contributed by atoms with Crippen LogP contribution in [0.1, 0.15) is 5.56 Å². The Morgan fingerprint density at radius 3 is 2.28 bits per heavy atom. The molecule has 0 aliphatic heterocycles. The largest absolute Gasteiger partial charge is 0.418 e. The van der Waals surface area contributed by atoms with Gasteiger partial charge in [-0.15, -0.1) is 0 Å². The molecule has 0 radical (unpaired) electrons. The molecule has 0 saturated heterocycles. The van der Waals surface area contributed by atoms with Crippen LogP contribution in [0.5, 0.6) is 0 Å². The number of nitrogens with two attached hydrogens (primary N) is 1. The van der Waals surface area contributed by atoms with Gasteiger partial charge in [-0.25, -0.2) is 8.78 Å². The van der Waals surface area contributed by atoms with Gasteiger partial charge in [0, 0.05) is 10.2 Å². The summed E-state index contributed by atoms with van der Waals surface area (Å²) in [6, 6.07) is 3.24. The van der Waals surface area contributed by atoms with Crippen molar-refractivity contribution in [3.63, 3.8) is 0 Å². The van der Waals surface area contributed by atoms with Crippen LogP contribution in [0.15, 0.2) is 22.7 Å². The molecule has 0 unspecified atom stereocenters. The highest BCUT2D eigenvalue weighted by atomic mass is 79.9. The van der Waals surface area contributed by atoms with Gasteiger partial charge in [0.25, 0.3) is 5.92 Å². The van der Waals surface area contributed by atoms with Crippen LogP contribution in [-0.2, 0) is 6.18 Å². The minimum absolute atomic E-state index is 0.214. The molecule has 0 bridgehead atoms. The fourth-order valence-electron chi connectivity index (χ4n) is 1.20. The number of anilines is 1. The molecule has 18 heavy (non-hydrogen) atoms. The summed E-state index contributed by atoms with van der Waals surface area (Å²) >= 11 is 2.90. The maximum atomic E-state index is 12.9.